The molecule has 3 N–H and O–H groups in total. The van der Waals surface area contributed by atoms with Crippen molar-refractivity contribution >= 4 is 34.4 Å². The van der Waals surface area contributed by atoms with Crippen LogP contribution in [0.3, 0.4) is 0 Å². The van der Waals surface area contributed by atoms with Crippen LogP contribution in [-0.2, 0) is 0 Å². The van der Waals surface area contributed by atoms with Crippen LogP contribution in [0, 0.1) is 5.82 Å². The summed E-state index contributed by atoms with van der Waals surface area (Å²) in [4.78, 5) is 26.1. The zero-order valence-electron chi connectivity index (χ0n) is 13.3. The van der Waals surface area contributed by atoms with E-state index in [1.165, 1.54) is 42.5 Å². The van der Waals surface area contributed by atoms with Crippen LogP contribution in [0.1, 0.15) is 26.3 Å². The Morgan fingerprint density at radius 3 is 2.48 bits per heavy atom. The van der Waals surface area contributed by atoms with Crippen LogP contribution < -0.4 is 5.32 Å². The summed E-state index contributed by atoms with van der Waals surface area (Å²) in [5.41, 5.74) is 2.56. The first-order valence-electron chi connectivity index (χ1n) is 7.53. The first-order chi connectivity index (χ1) is 12.0. The fraction of sp³-hybridized carbons (Fsp3) is 0.0526. The van der Waals surface area contributed by atoms with Crippen molar-refractivity contribution in [1.82, 2.24) is 4.98 Å². The van der Waals surface area contributed by atoms with Crippen molar-refractivity contribution in [3.63, 3.8) is 0 Å². The number of carbonyl (C=O) groups excluding carboxylic acids is 1. The predicted octanol–water partition coefficient (Wildman–Crippen LogP) is 3.94. The number of hydrogen-bond acceptors (Lipinski definition) is 3. The summed E-state index contributed by atoms with van der Waals surface area (Å²) in [6.07, 6.45) is 4.68. The van der Waals surface area contributed by atoms with Crippen LogP contribution in [-0.4, -0.2) is 28.9 Å². The molecule has 0 aliphatic rings. The molecule has 0 saturated carbocycles. The van der Waals surface area contributed by atoms with Gasteiger partial charge in [-0.3, -0.25) is 4.79 Å². The van der Waals surface area contributed by atoms with Gasteiger partial charge in [-0.25, -0.2) is 9.18 Å². The molecule has 5 nitrogen and oxygen atoms in total. The second-order valence-electron chi connectivity index (χ2n) is 5.45. The number of benzene rings is 2. The molecular weight excluding hydrogens is 323 g/mol. The van der Waals surface area contributed by atoms with E-state index in [4.69, 9.17) is 5.11 Å². The van der Waals surface area contributed by atoms with Crippen LogP contribution >= 0.6 is 0 Å². The molecule has 126 valence electrons. The maximum atomic E-state index is 13.7. The largest absolute Gasteiger partial charge is 0.478 e. The Morgan fingerprint density at radius 2 is 1.84 bits per heavy atom. The lowest BCUT2D eigenvalue weighted by Crippen LogP contribution is -1.98. The van der Waals surface area contributed by atoms with Crippen molar-refractivity contribution in [1.29, 1.82) is 0 Å². The Hall–Kier alpha value is -3.41. The minimum Gasteiger partial charge on any atom is -0.478 e. The molecule has 1 heterocycles. The quantitative estimate of drug-likeness (QED) is 0.486. The summed E-state index contributed by atoms with van der Waals surface area (Å²) < 4.78 is 13.7. The highest BCUT2D eigenvalue weighted by atomic mass is 19.1. The molecular formula is C19H15FN2O3. The predicted molar refractivity (Wildman–Crippen MR) is 94.6 cm³/mol. The minimum absolute atomic E-state index is 0.118. The number of allylic oxidation sites excluding steroid dienone is 1. The normalized spacial score (nSPS) is 11.1. The Kier molecular flexibility index (Phi) is 4.35. The first kappa shape index (κ1) is 16.4. The molecule has 3 aromatic rings. The molecule has 0 fully saturated rings. The number of rotatable bonds is 5. The maximum Gasteiger partial charge on any atom is 0.335 e. The number of carboxylic acids is 1. The van der Waals surface area contributed by atoms with Crippen LogP contribution in [0.2, 0.25) is 0 Å². The third-order valence-electron chi connectivity index (χ3n) is 3.89. The summed E-state index contributed by atoms with van der Waals surface area (Å²) in [6, 6.07) is 8.47. The molecule has 0 aliphatic heterocycles. The number of aromatic nitrogens is 1. The summed E-state index contributed by atoms with van der Waals surface area (Å²) in [5.74, 6) is -1.69. The number of anilines is 1. The number of hydrogen-bond donors (Lipinski definition) is 3. The van der Waals surface area contributed by atoms with Gasteiger partial charge in [0.2, 0.25) is 0 Å². The van der Waals surface area contributed by atoms with Crippen molar-refractivity contribution in [2.45, 2.75) is 0 Å². The number of aromatic carboxylic acids is 1. The van der Waals surface area contributed by atoms with Crippen LogP contribution in [0.5, 0.6) is 0 Å². The molecule has 0 aliphatic carbocycles. The molecule has 0 atom stereocenters. The van der Waals surface area contributed by atoms with E-state index in [0.717, 1.165) is 5.52 Å². The van der Waals surface area contributed by atoms with Crippen LogP contribution in [0.25, 0.3) is 17.0 Å². The molecule has 6 heteroatoms. The highest BCUT2D eigenvalue weighted by Crippen LogP contribution is 2.27. The molecule has 0 radical (unpaired) electrons. The number of aromatic amines is 1. The molecule has 25 heavy (non-hydrogen) atoms. The number of ketones is 1. The fourth-order valence-electron chi connectivity index (χ4n) is 2.59. The number of fused-ring (bicyclic) bond motifs is 1. The van der Waals surface area contributed by atoms with Crippen molar-refractivity contribution in [2.24, 2.45) is 0 Å². The summed E-state index contributed by atoms with van der Waals surface area (Å²) in [5, 5.41) is 12.5. The van der Waals surface area contributed by atoms with E-state index in [9.17, 15) is 14.0 Å². The van der Waals surface area contributed by atoms with Gasteiger partial charge in [-0.15, -0.1) is 0 Å². The van der Waals surface area contributed by atoms with Gasteiger partial charge >= 0.3 is 5.97 Å². The van der Waals surface area contributed by atoms with E-state index < -0.39 is 5.97 Å². The molecule has 1 aromatic heterocycles. The van der Waals surface area contributed by atoms with Gasteiger partial charge in [0.15, 0.2) is 5.78 Å². The number of halogens is 1. The average Bonchev–Trinajstić information content (AvgIpc) is 3.01. The zero-order valence-corrected chi connectivity index (χ0v) is 13.3. The van der Waals surface area contributed by atoms with Crippen molar-refractivity contribution in [2.75, 3.05) is 12.4 Å². The minimum atomic E-state index is -1.05. The highest BCUT2D eigenvalue weighted by molar-refractivity contribution is 6.08. The molecule has 0 spiro atoms. The average molecular weight is 338 g/mol. The summed E-state index contributed by atoms with van der Waals surface area (Å²) in [7, 11) is 1.70. The van der Waals surface area contributed by atoms with E-state index in [2.05, 4.69) is 10.3 Å². The second kappa shape index (κ2) is 6.60. The van der Waals surface area contributed by atoms with E-state index in [-0.39, 0.29) is 17.2 Å². The van der Waals surface area contributed by atoms with Crippen LogP contribution in [0.15, 0.2) is 48.7 Å². The zero-order chi connectivity index (χ0) is 18.0. The third kappa shape index (κ3) is 3.28. The monoisotopic (exact) mass is 338 g/mol. The molecule has 0 unspecified atom stereocenters. The van der Waals surface area contributed by atoms with E-state index in [1.54, 1.807) is 19.3 Å². The molecule has 3 rings (SSSR count). The van der Waals surface area contributed by atoms with Gasteiger partial charge in [0.05, 0.1) is 16.8 Å². The molecule has 0 amide bonds. The standard InChI is InChI=1S/C19H15FN2O3/c1-21-16-9-14(20)8-15-13(10-22-18(15)16)6-7-17(23)11-2-4-12(5-3-11)19(24)25/h2-10,21-22H,1H3,(H,24,25)/b7-6+. The lowest BCUT2D eigenvalue weighted by Gasteiger charge is -2.02. The lowest BCUT2D eigenvalue weighted by atomic mass is 10.1. The smallest absolute Gasteiger partial charge is 0.335 e. The number of nitrogens with one attached hydrogen (secondary N) is 2. The van der Waals surface area contributed by atoms with Gasteiger partial charge in [0, 0.05) is 29.8 Å². The Labute approximate surface area is 142 Å². The van der Waals surface area contributed by atoms with Gasteiger partial charge in [-0.1, -0.05) is 12.1 Å². The van der Waals surface area contributed by atoms with E-state index in [1.807, 2.05) is 0 Å². The van der Waals surface area contributed by atoms with Gasteiger partial charge in [-0.2, -0.15) is 0 Å². The number of carbonyl (C=O) groups is 2. The van der Waals surface area contributed by atoms with Crippen molar-refractivity contribution in [3.05, 3.63) is 71.2 Å². The summed E-state index contributed by atoms with van der Waals surface area (Å²) in [6.45, 7) is 0. The number of carboxylic acid groups (broad SMARTS) is 1. The SMILES string of the molecule is CNc1cc(F)cc2c(/C=C/C(=O)c3ccc(C(=O)O)cc3)c[nH]c12. The Morgan fingerprint density at radius 1 is 1.16 bits per heavy atom. The second-order valence-corrected chi connectivity index (χ2v) is 5.45. The Bertz CT molecular complexity index is 988. The van der Waals surface area contributed by atoms with E-state index >= 15 is 0 Å². The molecule has 2 aromatic carbocycles. The molecule has 0 bridgehead atoms. The maximum absolute atomic E-state index is 13.7. The third-order valence-corrected chi connectivity index (χ3v) is 3.89. The van der Waals surface area contributed by atoms with Gasteiger partial charge in [-0.05, 0) is 36.4 Å². The lowest BCUT2D eigenvalue weighted by molar-refractivity contribution is 0.0696. The summed E-state index contributed by atoms with van der Waals surface area (Å²) >= 11 is 0. The van der Waals surface area contributed by atoms with E-state index in [0.29, 0.717) is 22.2 Å². The first-order valence-corrected chi connectivity index (χ1v) is 7.53. The van der Waals surface area contributed by atoms with Gasteiger partial charge in [0.1, 0.15) is 5.82 Å². The van der Waals surface area contributed by atoms with Crippen molar-refractivity contribution < 1.29 is 19.1 Å². The fourth-order valence-corrected chi connectivity index (χ4v) is 2.59. The number of H-pyrrole nitrogens is 1. The van der Waals surface area contributed by atoms with Gasteiger partial charge in [0.25, 0.3) is 0 Å². The van der Waals surface area contributed by atoms with Gasteiger partial charge < -0.3 is 15.4 Å². The highest BCUT2D eigenvalue weighted by Gasteiger charge is 2.09. The molecule has 0 saturated heterocycles. The Balaban J connectivity index is 1.89. The van der Waals surface area contributed by atoms with Crippen molar-refractivity contribution in [3.8, 4) is 0 Å². The topological polar surface area (TPSA) is 82.2 Å². The van der Waals surface area contributed by atoms with Crippen LogP contribution in [0.4, 0.5) is 10.1 Å².